The molecule has 2 heterocycles. The Morgan fingerprint density at radius 1 is 1.00 bits per heavy atom. The number of aromatic nitrogens is 3. The third-order valence-corrected chi connectivity index (χ3v) is 4.78. The van der Waals surface area contributed by atoms with E-state index in [1.54, 1.807) is 37.6 Å². The summed E-state index contributed by atoms with van der Waals surface area (Å²) in [6, 6.07) is 15.8. The third kappa shape index (κ3) is 4.27. The van der Waals surface area contributed by atoms with Gasteiger partial charge in [0, 0.05) is 11.1 Å². The molecule has 2 aromatic carbocycles. The van der Waals surface area contributed by atoms with Gasteiger partial charge in [0.1, 0.15) is 11.5 Å². The van der Waals surface area contributed by atoms with Gasteiger partial charge in [-0.15, -0.1) is 5.10 Å². The zero-order chi connectivity index (χ0) is 22.5. The number of carbonyl (C=O) groups is 1. The highest BCUT2D eigenvalue weighted by molar-refractivity contribution is 5.97. The minimum atomic E-state index is -0.375. The van der Waals surface area contributed by atoms with E-state index in [1.807, 2.05) is 30.3 Å². The maximum absolute atomic E-state index is 13.3. The van der Waals surface area contributed by atoms with Crippen molar-refractivity contribution in [2.45, 2.75) is 6.54 Å². The second-order valence-corrected chi connectivity index (χ2v) is 6.71. The van der Waals surface area contributed by atoms with Gasteiger partial charge in [0.25, 0.3) is 5.91 Å². The van der Waals surface area contributed by atoms with E-state index < -0.39 is 0 Å². The molecule has 4 rings (SSSR count). The summed E-state index contributed by atoms with van der Waals surface area (Å²) in [6.07, 6.45) is 1.58. The van der Waals surface area contributed by atoms with Gasteiger partial charge >= 0.3 is 0 Å². The predicted molar refractivity (Wildman–Crippen MR) is 117 cm³/mol. The highest BCUT2D eigenvalue weighted by Gasteiger charge is 2.20. The molecule has 0 unspecified atom stereocenters. The van der Waals surface area contributed by atoms with Crippen LogP contribution in [0.5, 0.6) is 17.2 Å². The number of benzene rings is 2. The smallest absolute Gasteiger partial charge is 0.281 e. The fourth-order valence-corrected chi connectivity index (χ4v) is 3.10. The molecule has 0 aliphatic carbocycles. The van der Waals surface area contributed by atoms with Crippen molar-refractivity contribution in [1.82, 2.24) is 14.8 Å². The number of nitrogens with one attached hydrogen (secondary N) is 1. The van der Waals surface area contributed by atoms with Gasteiger partial charge < -0.3 is 23.9 Å². The summed E-state index contributed by atoms with van der Waals surface area (Å²) < 4.78 is 22.4. The first kappa shape index (κ1) is 21.0. The molecule has 0 spiro atoms. The lowest BCUT2D eigenvalue weighted by Gasteiger charge is -2.10. The summed E-state index contributed by atoms with van der Waals surface area (Å²) in [5, 5.41) is 7.58. The molecule has 9 heteroatoms. The Morgan fingerprint density at radius 2 is 1.78 bits per heavy atom. The first-order chi connectivity index (χ1) is 15.6. The minimum absolute atomic E-state index is 0.284. The molecular formula is C23H22N4O5. The lowest BCUT2D eigenvalue weighted by atomic mass is 10.2. The van der Waals surface area contributed by atoms with Crippen molar-refractivity contribution < 1.29 is 23.4 Å². The van der Waals surface area contributed by atoms with Crippen LogP contribution in [0.2, 0.25) is 0 Å². The lowest BCUT2D eigenvalue weighted by molar-refractivity contribution is 0.0947. The minimum Gasteiger partial charge on any atom is -0.497 e. The summed E-state index contributed by atoms with van der Waals surface area (Å²) in [5.41, 5.74) is 1.11. The van der Waals surface area contributed by atoms with Crippen molar-refractivity contribution in [3.63, 3.8) is 0 Å². The van der Waals surface area contributed by atoms with Gasteiger partial charge in [-0.05, 0) is 54.6 Å². The molecule has 2 aromatic heterocycles. The quantitative estimate of drug-likeness (QED) is 0.446. The first-order valence-electron chi connectivity index (χ1n) is 9.77. The summed E-state index contributed by atoms with van der Waals surface area (Å²) in [4.78, 5) is 17.9. The first-order valence-corrected chi connectivity index (χ1v) is 9.77. The number of rotatable bonds is 8. The van der Waals surface area contributed by atoms with Crippen molar-refractivity contribution in [2.75, 3.05) is 26.6 Å². The van der Waals surface area contributed by atoms with Crippen LogP contribution in [0.1, 0.15) is 16.1 Å². The van der Waals surface area contributed by atoms with Gasteiger partial charge in [-0.25, -0.2) is 0 Å². The van der Waals surface area contributed by atoms with E-state index in [9.17, 15) is 4.79 Å². The van der Waals surface area contributed by atoms with Crippen molar-refractivity contribution in [1.29, 1.82) is 0 Å². The molecule has 4 aromatic rings. The van der Waals surface area contributed by atoms with Crippen molar-refractivity contribution in [3.8, 4) is 28.6 Å². The summed E-state index contributed by atoms with van der Waals surface area (Å²) in [5.74, 6) is 2.68. The third-order valence-electron chi connectivity index (χ3n) is 4.78. The van der Waals surface area contributed by atoms with Gasteiger partial charge in [-0.2, -0.15) is 9.67 Å². The lowest BCUT2D eigenvalue weighted by Crippen LogP contribution is -2.17. The zero-order valence-electron chi connectivity index (χ0n) is 17.9. The van der Waals surface area contributed by atoms with Crippen molar-refractivity contribution in [3.05, 3.63) is 72.2 Å². The van der Waals surface area contributed by atoms with Crippen LogP contribution in [0.3, 0.4) is 0 Å². The number of methoxy groups -OCH3 is 3. The zero-order valence-corrected chi connectivity index (χ0v) is 17.9. The Hall–Kier alpha value is -4.27. The van der Waals surface area contributed by atoms with E-state index >= 15 is 0 Å². The number of hydrogen-bond acceptors (Lipinski definition) is 8. The molecule has 0 bridgehead atoms. The molecule has 0 aliphatic heterocycles. The molecule has 0 saturated heterocycles. The van der Waals surface area contributed by atoms with Crippen LogP contribution in [0.25, 0.3) is 11.4 Å². The molecule has 0 atom stereocenters. The number of furan rings is 1. The molecule has 0 saturated carbocycles. The topological polar surface area (TPSA) is 101 Å². The summed E-state index contributed by atoms with van der Waals surface area (Å²) in [7, 11) is 4.65. The maximum atomic E-state index is 13.3. The summed E-state index contributed by atoms with van der Waals surface area (Å²) in [6.45, 7) is 0.340. The Bertz CT molecular complexity index is 1200. The molecule has 0 aliphatic rings. The second kappa shape index (κ2) is 9.25. The number of nitrogens with zero attached hydrogens (tertiary/aromatic N) is 3. The van der Waals surface area contributed by atoms with E-state index in [2.05, 4.69) is 15.4 Å². The van der Waals surface area contributed by atoms with E-state index in [0.29, 0.717) is 40.9 Å². The molecule has 9 nitrogen and oxygen atoms in total. The Labute approximate surface area is 184 Å². The highest BCUT2D eigenvalue weighted by atomic mass is 16.5. The number of ether oxygens (including phenoxy) is 3. The average molecular weight is 434 g/mol. The van der Waals surface area contributed by atoms with Crippen LogP contribution in [-0.2, 0) is 6.54 Å². The van der Waals surface area contributed by atoms with Gasteiger partial charge in [0.2, 0.25) is 5.95 Å². The Balaban J connectivity index is 1.70. The Morgan fingerprint density at radius 3 is 2.44 bits per heavy atom. The number of carbonyl (C=O) groups excluding carboxylic acids is 1. The maximum Gasteiger partial charge on any atom is 0.281 e. The largest absolute Gasteiger partial charge is 0.497 e. The second-order valence-electron chi connectivity index (χ2n) is 6.71. The van der Waals surface area contributed by atoms with Crippen LogP contribution in [-0.4, -0.2) is 42.0 Å². The van der Waals surface area contributed by atoms with Gasteiger partial charge in [-0.1, -0.05) is 0 Å². The highest BCUT2D eigenvalue weighted by Crippen LogP contribution is 2.29. The molecule has 164 valence electrons. The monoisotopic (exact) mass is 434 g/mol. The van der Waals surface area contributed by atoms with Gasteiger partial charge in [0.05, 0.1) is 34.1 Å². The fourth-order valence-electron chi connectivity index (χ4n) is 3.10. The Kier molecular flexibility index (Phi) is 6.07. The molecular weight excluding hydrogens is 412 g/mol. The molecule has 0 fully saturated rings. The van der Waals surface area contributed by atoms with Crippen LogP contribution in [0.4, 0.5) is 5.95 Å². The van der Waals surface area contributed by atoms with E-state index in [0.717, 1.165) is 5.56 Å². The van der Waals surface area contributed by atoms with Crippen LogP contribution >= 0.6 is 0 Å². The fraction of sp³-hybridized carbons (Fsp3) is 0.174. The standard InChI is InChI=1S/C23H22N4O5/c1-29-17-9-6-15(7-10-17)21-25-23(24-14-18-5-4-12-32-18)27(26-21)22(28)16-8-11-19(30-2)20(13-16)31-3/h4-13H,14H2,1-3H3,(H,24,25,26). The van der Waals surface area contributed by atoms with Crippen LogP contribution in [0, 0.1) is 0 Å². The van der Waals surface area contributed by atoms with E-state index in [4.69, 9.17) is 18.6 Å². The van der Waals surface area contributed by atoms with Crippen LogP contribution in [0.15, 0.2) is 65.3 Å². The van der Waals surface area contributed by atoms with Gasteiger partial charge in [0.15, 0.2) is 17.3 Å². The van der Waals surface area contributed by atoms with Gasteiger partial charge in [-0.3, -0.25) is 4.79 Å². The van der Waals surface area contributed by atoms with Crippen molar-refractivity contribution in [2.24, 2.45) is 0 Å². The van der Waals surface area contributed by atoms with Crippen molar-refractivity contribution >= 4 is 11.9 Å². The average Bonchev–Trinajstić information content (AvgIpc) is 3.52. The predicted octanol–water partition coefficient (Wildman–Crippen LogP) is 3.86. The summed E-state index contributed by atoms with van der Waals surface area (Å²) >= 11 is 0. The number of hydrogen-bond donors (Lipinski definition) is 1. The normalized spacial score (nSPS) is 10.6. The van der Waals surface area contributed by atoms with Crippen LogP contribution < -0.4 is 19.5 Å². The number of anilines is 1. The molecule has 0 radical (unpaired) electrons. The molecule has 32 heavy (non-hydrogen) atoms. The van der Waals surface area contributed by atoms with E-state index in [1.165, 1.54) is 18.9 Å². The molecule has 1 N–H and O–H groups in total. The molecule has 0 amide bonds. The van der Waals surface area contributed by atoms with E-state index in [-0.39, 0.29) is 11.9 Å². The SMILES string of the molecule is COc1ccc(-c2nc(NCc3ccco3)n(C(=O)c3ccc(OC)c(OC)c3)n2)cc1.